The predicted octanol–water partition coefficient (Wildman–Crippen LogP) is 3.27. The molecule has 0 atom stereocenters. The van der Waals surface area contributed by atoms with Crippen LogP contribution in [0, 0.1) is 13.8 Å². The summed E-state index contributed by atoms with van der Waals surface area (Å²) in [4.78, 5) is 36.3. The van der Waals surface area contributed by atoms with Crippen LogP contribution in [-0.2, 0) is 9.59 Å². The molecule has 0 aromatic heterocycles. The first-order chi connectivity index (χ1) is 13.9. The van der Waals surface area contributed by atoms with Gasteiger partial charge in [0.1, 0.15) is 5.75 Å². The number of ether oxygens (including phenoxy) is 1. The zero-order valence-electron chi connectivity index (χ0n) is 17.0. The van der Waals surface area contributed by atoms with E-state index in [0.29, 0.717) is 17.9 Å². The van der Waals surface area contributed by atoms with Crippen LogP contribution in [0.1, 0.15) is 47.7 Å². The molecule has 7 nitrogen and oxygen atoms in total. The molecule has 3 amide bonds. The maximum Gasteiger partial charge on any atom is 0.273 e. The molecule has 7 heteroatoms. The second-order valence-corrected chi connectivity index (χ2v) is 6.71. The van der Waals surface area contributed by atoms with E-state index in [1.807, 2.05) is 39.0 Å². The number of hydrazine groups is 1. The van der Waals surface area contributed by atoms with Gasteiger partial charge in [0.25, 0.3) is 5.91 Å². The van der Waals surface area contributed by atoms with Gasteiger partial charge in [-0.2, -0.15) is 0 Å². The summed E-state index contributed by atoms with van der Waals surface area (Å²) in [6.07, 6.45) is 0.771. The number of carbonyl (C=O) groups is 3. The second-order valence-electron chi connectivity index (χ2n) is 6.71. The quantitative estimate of drug-likeness (QED) is 0.596. The van der Waals surface area contributed by atoms with Gasteiger partial charge < -0.3 is 10.1 Å². The fraction of sp³-hybridized carbons (Fsp3) is 0.318. The van der Waals surface area contributed by atoms with E-state index in [4.69, 9.17) is 4.74 Å². The Kier molecular flexibility index (Phi) is 8.21. The van der Waals surface area contributed by atoms with Crippen molar-refractivity contribution in [1.82, 2.24) is 10.9 Å². The Morgan fingerprint density at radius 3 is 2.38 bits per heavy atom. The summed E-state index contributed by atoms with van der Waals surface area (Å²) in [5.74, 6) is -0.753. The van der Waals surface area contributed by atoms with Crippen LogP contribution in [0.3, 0.4) is 0 Å². The molecule has 0 aliphatic rings. The fourth-order valence-electron chi connectivity index (χ4n) is 2.64. The Labute approximate surface area is 170 Å². The van der Waals surface area contributed by atoms with Gasteiger partial charge in [-0.25, -0.2) is 0 Å². The Balaban J connectivity index is 1.79. The van der Waals surface area contributed by atoms with Crippen molar-refractivity contribution < 1.29 is 19.1 Å². The third-order valence-corrected chi connectivity index (χ3v) is 4.14. The number of rotatable bonds is 8. The maximum absolute atomic E-state index is 12.3. The first-order valence-corrected chi connectivity index (χ1v) is 9.58. The highest BCUT2D eigenvalue weighted by atomic mass is 16.5. The number of aryl methyl sites for hydroxylation is 2. The monoisotopic (exact) mass is 397 g/mol. The second kappa shape index (κ2) is 10.8. The molecule has 3 N–H and O–H groups in total. The highest BCUT2D eigenvalue weighted by Gasteiger charge is 2.14. The van der Waals surface area contributed by atoms with Gasteiger partial charge in [0.05, 0.1) is 12.2 Å². The summed E-state index contributed by atoms with van der Waals surface area (Å²) in [5, 5.41) is 2.79. The number of para-hydroxylation sites is 1. The molecular weight excluding hydrogens is 370 g/mol. The van der Waals surface area contributed by atoms with E-state index in [9.17, 15) is 14.4 Å². The molecule has 0 fully saturated rings. The number of hydrogen-bond acceptors (Lipinski definition) is 4. The molecular formula is C22H27N3O4. The molecule has 0 heterocycles. The summed E-state index contributed by atoms with van der Waals surface area (Å²) in [5.41, 5.74) is 7.80. The maximum atomic E-state index is 12.3. The summed E-state index contributed by atoms with van der Waals surface area (Å²) in [6.45, 7) is 6.35. The molecule has 29 heavy (non-hydrogen) atoms. The number of nitrogens with one attached hydrogen (secondary N) is 3. The number of amides is 3. The number of anilines is 1. The van der Waals surface area contributed by atoms with Crippen LogP contribution >= 0.6 is 0 Å². The molecule has 0 saturated carbocycles. The molecule has 0 bridgehead atoms. The van der Waals surface area contributed by atoms with Gasteiger partial charge in [-0.3, -0.25) is 25.2 Å². The molecule has 154 valence electrons. The molecule has 0 radical (unpaired) electrons. The molecule has 2 aromatic carbocycles. The molecule has 0 spiro atoms. The number of benzene rings is 2. The lowest BCUT2D eigenvalue weighted by atomic mass is 10.1. The minimum absolute atomic E-state index is 0.00518. The first kappa shape index (κ1) is 21.9. The Bertz CT molecular complexity index is 880. The van der Waals surface area contributed by atoms with Gasteiger partial charge in [0.15, 0.2) is 0 Å². The van der Waals surface area contributed by atoms with Crippen LogP contribution in [-0.4, -0.2) is 24.3 Å². The van der Waals surface area contributed by atoms with Gasteiger partial charge in [-0.05, 0) is 44.0 Å². The Morgan fingerprint density at radius 2 is 1.66 bits per heavy atom. The average Bonchev–Trinajstić information content (AvgIpc) is 2.71. The zero-order chi connectivity index (χ0) is 21.2. The van der Waals surface area contributed by atoms with Crippen LogP contribution < -0.4 is 20.9 Å². The van der Waals surface area contributed by atoms with Crippen molar-refractivity contribution in [3.63, 3.8) is 0 Å². The standard InChI is InChI=1S/C22H27N3O4/c1-4-13-29-19-8-6-5-7-17(19)22(28)25-24-21(27)12-11-20(26)23-18-10-9-15(2)14-16(18)3/h5-10,14H,4,11-13H2,1-3H3,(H,23,26)(H,24,27)(H,25,28). The van der Waals surface area contributed by atoms with Crippen LogP contribution in [0.15, 0.2) is 42.5 Å². The number of hydrogen-bond donors (Lipinski definition) is 3. The topological polar surface area (TPSA) is 96.5 Å². The van der Waals surface area contributed by atoms with Gasteiger partial charge in [-0.15, -0.1) is 0 Å². The van der Waals surface area contributed by atoms with E-state index in [1.165, 1.54) is 0 Å². The summed E-state index contributed by atoms with van der Waals surface area (Å²) in [7, 11) is 0. The van der Waals surface area contributed by atoms with Crippen molar-refractivity contribution in [3.05, 3.63) is 59.2 Å². The third-order valence-electron chi connectivity index (χ3n) is 4.14. The van der Waals surface area contributed by atoms with Crippen molar-refractivity contribution in [1.29, 1.82) is 0 Å². The van der Waals surface area contributed by atoms with Gasteiger partial charge in [0.2, 0.25) is 11.8 Å². The van der Waals surface area contributed by atoms with E-state index in [2.05, 4.69) is 16.2 Å². The summed E-state index contributed by atoms with van der Waals surface area (Å²) >= 11 is 0. The van der Waals surface area contributed by atoms with Crippen LogP contribution in [0.5, 0.6) is 5.75 Å². The molecule has 2 rings (SSSR count). The lowest BCUT2D eigenvalue weighted by molar-refractivity contribution is -0.124. The van der Waals surface area contributed by atoms with E-state index < -0.39 is 11.8 Å². The molecule has 0 unspecified atom stereocenters. The van der Waals surface area contributed by atoms with Gasteiger partial charge in [0, 0.05) is 18.5 Å². The van der Waals surface area contributed by atoms with Crippen LogP contribution in [0.4, 0.5) is 5.69 Å². The highest BCUT2D eigenvalue weighted by Crippen LogP contribution is 2.18. The minimum Gasteiger partial charge on any atom is -0.493 e. The number of carbonyl (C=O) groups excluding carboxylic acids is 3. The van der Waals surface area contributed by atoms with Crippen LogP contribution in [0.25, 0.3) is 0 Å². The predicted molar refractivity (Wildman–Crippen MR) is 112 cm³/mol. The average molecular weight is 397 g/mol. The zero-order valence-corrected chi connectivity index (χ0v) is 17.0. The lowest BCUT2D eigenvalue weighted by Gasteiger charge is -2.12. The van der Waals surface area contributed by atoms with E-state index in [0.717, 1.165) is 23.2 Å². The van der Waals surface area contributed by atoms with Crippen molar-refractivity contribution in [3.8, 4) is 5.75 Å². The van der Waals surface area contributed by atoms with Crippen molar-refractivity contribution in [2.45, 2.75) is 40.0 Å². The first-order valence-electron chi connectivity index (χ1n) is 9.58. The van der Waals surface area contributed by atoms with E-state index in [-0.39, 0.29) is 18.7 Å². The summed E-state index contributed by atoms with van der Waals surface area (Å²) < 4.78 is 5.54. The third kappa shape index (κ3) is 6.95. The Morgan fingerprint density at radius 1 is 0.931 bits per heavy atom. The van der Waals surface area contributed by atoms with E-state index in [1.54, 1.807) is 24.3 Å². The minimum atomic E-state index is -0.482. The van der Waals surface area contributed by atoms with Gasteiger partial charge in [-0.1, -0.05) is 36.8 Å². The molecule has 2 aromatic rings. The van der Waals surface area contributed by atoms with E-state index >= 15 is 0 Å². The van der Waals surface area contributed by atoms with Crippen molar-refractivity contribution in [2.75, 3.05) is 11.9 Å². The highest BCUT2D eigenvalue weighted by molar-refractivity contribution is 5.98. The van der Waals surface area contributed by atoms with Crippen LogP contribution in [0.2, 0.25) is 0 Å². The smallest absolute Gasteiger partial charge is 0.273 e. The van der Waals surface area contributed by atoms with Crippen molar-refractivity contribution >= 4 is 23.4 Å². The molecule has 0 aliphatic heterocycles. The largest absolute Gasteiger partial charge is 0.493 e. The SMILES string of the molecule is CCCOc1ccccc1C(=O)NNC(=O)CCC(=O)Nc1ccc(C)cc1C. The normalized spacial score (nSPS) is 10.2. The molecule has 0 saturated heterocycles. The summed E-state index contributed by atoms with van der Waals surface area (Å²) in [6, 6.07) is 12.5. The fourth-order valence-corrected chi connectivity index (χ4v) is 2.64. The lowest BCUT2D eigenvalue weighted by Crippen LogP contribution is -2.42. The van der Waals surface area contributed by atoms with Gasteiger partial charge >= 0.3 is 0 Å². The molecule has 0 aliphatic carbocycles. The van der Waals surface area contributed by atoms with Crippen molar-refractivity contribution in [2.24, 2.45) is 0 Å². The Hall–Kier alpha value is -3.35.